The molecule has 1 aromatic heterocycles. The number of rotatable bonds is 8. The van der Waals surface area contributed by atoms with Crippen molar-refractivity contribution in [2.75, 3.05) is 69.0 Å². The zero-order valence-electron chi connectivity index (χ0n) is 24.7. The van der Waals surface area contributed by atoms with Crippen LogP contribution in [0.3, 0.4) is 0 Å². The van der Waals surface area contributed by atoms with Crippen LogP contribution in [0, 0.1) is 6.92 Å². The number of nitrogens with one attached hydrogen (secondary N) is 2. The van der Waals surface area contributed by atoms with Gasteiger partial charge in [0.15, 0.2) is 0 Å². The van der Waals surface area contributed by atoms with Crippen LogP contribution in [0.4, 0.5) is 28.8 Å². The fourth-order valence-corrected chi connectivity index (χ4v) is 6.12. The Morgan fingerprint density at radius 3 is 2.39 bits per heavy atom. The van der Waals surface area contributed by atoms with Gasteiger partial charge in [0.2, 0.25) is 5.95 Å². The summed E-state index contributed by atoms with van der Waals surface area (Å²) in [5, 5.41) is 17.3. The molecule has 0 saturated carbocycles. The average Bonchev–Trinajstić information content (AvgIpc) is 2.95. The highest BCUT2D eigenvalue weighted by molar-refractivity contribution is 9.10. The molecule has 220 valence electrons. The monoisotopic (exact) mass is 623 g/mol. The van der Waals surface area contributed by atoms with E-state index in [-0.39, 0.29) is 0 Å². The van der Waals surface area contributed by atoms with Gasteiger partial charge in [0.25, 0.3) is 0 Å². The number of nitrogens with zero attached hydrogens (tertiary/aromatic N) is 5. The second-order valence-electron chi connectivity index (χ2n) is 11.6. The lowest BCUT2D eigenvalue weighted by atomic mass is 9.96. The predicted octanol–water partition coefficient (Wildman–Crippen LogP) is 5.49. The first-order chi connectivity index (χ1) is 19.6. The number of methoxy groups -OCH3 is 1. The molecule has 2 saturated heterocycles. The van der Waals surface area contributed by atoms with Gasteiger partial charge >= 0.3 is 0 Å². The minimum atomic E-state index is -1.00. The van der Waals surface area contributed by atoms with Crippen LogP contribution in [0.5, 0.6) is 5.75 Å². The van der Waals surface area contributed by atoms with Crippen LogP contribution in [-0.2, 0) is 5.60 Å². The molecule has 2 aliphatic heterocycles. The van der Waals surface area contributed by atoms with E-state index >= 15 is 0 Å². The van der Waals surface area contributed by atoms with Gasteiger partial charge in [-0.25, -0.2) is 4.98 Å². The first-order valence-electron chi connectivity index (χ1n) is 14.4. The molecule has 0 radical (unpaired) electrons. The Labute approximate surface area is 252 Å². The molecule has 0 amide bonds. The van der Waals surface area contributed by atoms with E-state index in [0.29, 0.717) is 22.3 Å². The number of halogens is 1. The normalized spacial score (nSPS) is 17.5. The number of aliphatic hydroxyl groups is 1. The highest BCUT2D eigenvalue weighted by Crippen LogP contribution is 2.37. The maximum absolute atomic E-state index is 10.6. The summed E-state index contributed by atoms with van der Waals surface area (Å²) >= 11 is 3.56. The minimum Gasteiger partial charge on any atom is -0.494 e. The van der Waals surface area contributed by atoms with Gasteiger partial charge in [-0.3, -0.25) is 4.90 Å². The molecule has 2 fully saturated rings. The van der Waals surface area contributed by atoms with Crippen LogP contribution in [0.15, 0.2) is 47.1 Å². The summed E-state index contributed by atoms with van der Waals surface area (Å²) < 4.78 is 6.54. The highest BCUT2D eigenvalue weighted by Gasteiger charge is 2.28. The zero-order chi connectivity index (χ0) is 29.1. The second-order valence-corrected chi connectivity index (χ2v) is 12.5. The number of anilines is 5. The molecule has 9 nitrogen and oxygen atoms in total. The third-order valence-corrected chi connectivity index (χ3v) is 8.79. The molecule has 0 bridgehead atoms. The van der Waals surface area contributed by atoms with Crippen LogP contribution in [0.25, 0.3) is 0 Å². The topological polar surface area (TPSA) is 89.0 Å². The van der Waals surface area contributed by atoms with Crippen molar-refractivity contribution in [1.82, 2.24) is 19.8 Å². The Kier molecular flexibility index (Phi) is 9.03. The van der Waals surface area contributed by atoms with E-state index < -0.39 is 5.60 Å². The number of piperazine rings is 1. The average molecular weight is 625 g/mol. The van der Waals surface area contributed by atoms with Crippen molar-refractivity contribution in [3.05, 3.63) is 58.2 Å². The van der Waals surface area contributed by atoms with Crippen LogP contribution in [0.1, 0.15) is 37.8 Å². The quantitative estimate of drug-likeness (QED) is 0.301. The van der Waals surface area contributed by atoms with E-state index in [1.54, 1.807) is 27.2 Å². The van der Waals surface area contributed by atoms with Gasteiger partial charge in [0.05, 0.1) is 22.9 Å². The Hall–Kier alpha value is -2.92. The van der Waals surface area contributed by atoms with Gasteiger partial charge in [-0.2, -0.15) is 4.98 Å². The summed E-state index contributed by atoms with van der Waals surface area (Å²) in [6, 6.07) is 12.6. The third-order valence-electron chi connectivity index (χ3n) is 8.21. The van der Waals surface area contributed by atoms with Crippen molar-refractivity contribution < 1.29 is 9.84 Å². The predicted molar refractivity (Wildman–Crippen MR) is 170 cm³/mol. The van der Waals surface area contributed by atoms with E-state index in [1.165, 1.54) is 50.3 Å². The summed E-state index contributed by atoms with van der Waals surface area (Å²) in [7, 11) is 3.91. The molecular formula is C31H42BrN7O2. The number of para-hydroxylation sites is 1. The molecule has 0 aliphatic carbocycles. The summed E-state index contributed by atoms with van der Waals surface area (Å²) in [4.78, 5) is 16.8. The smallest absolute Gasteiger partial charge is 0.229 e. The summed E-state index contributed by atoms with van der Waals surface area (Å²) in [6.07, 6.45) is 4.08. The molecule has 2 aromatic carbocycles. The maximum atomic E-state index is 10.6. The van der Waals surface area contributed by atoms with Crippen LogP contribution in [-0.4, -0.2) is 84.3 Å². The molecule has 0 atom stereocenters. The van der Waals surface area contributed by atoms with Crippen molar-refractivity contribution in [1.29, 1.82) is 0 Å². The third kappa shape index (κ3) is 6.94. The SMILES string of the molecule is COc1cc(N2CCC(N3CCN(C)CC3)CC2)c(C)cc1Nc1ncc(Br)c(Nc2ccccc2C(C)(C)O)n1. The van der Waals surface area contributed by atoms with Crippen LogP contribution in [0.2, 0.25) is 0 Å². The fraction of sp³-hybridized carbons (Fsp3) is 0.484. The number of aromatic nitrogens is 2. The van der Waals surface area contributed by atoms with E-state index in [2.05, 4.69) is 72.4 Å². The summed E-state index contributed by atoms with van der Waals surface area (Å²) in [5.41, 5.74) is 3.76. The lowest BCUT2D eigenvalue weighted by Crippen LogP contribution is -2.52. The van der Waals surface area contributed by atoms with Crippen LogP contribution < -0.4 is 20.3 Å². The van der Waals surface area contributed by atoms with E-state index in [1.807, 2.05) is 24.3 Å². The lowest BCUT2D eigenvalue weighted by Gasteiger charge is -2.43. The molecule has 0 spiro atoms. The van der Waals surface area contributed by atoms with Gasteiger partial charge < -0.3 is 30.3 Å². The Balaban J connectivity index is 1.30. The minimum absolute atomic E-state index is 0.440. The number of hydrogen-bond acceptors (Lipinski definition) is 9. The molecule has 3 aromatic rings. The number of aryl methyl sites for hydroxylation is 1. The largest absolute Gasteiger partial charge is 0.494 e. The van der Waals surface area contributed by atoms with Crippen molar-refractivity contribution in [2.45, 2.75) is 45.3 Å². The van der Waals surface area contributed by atoms with E-state index in [4.69, 9.17) is 9.72 Å². The highest BCUT2D eigenvalue weighted by atomic mass is 79.9. The first kappa shape index (κ1) is 29.6. The number of benzene rings is 2. The van der Waals surface area contributed by atoms with Crippen molar-refractivity contribution >= 4 is 44.8 Å². The van der Waals surface area contributed by atoms with Crippen molar-refractivity contribution in [3.8, 4) is 5.75 Å². The standard InChI is InChI=1S/C31H42BrN7O2/c1-21-18-26(28(41-5)19-27(21)39-12-10-22(11-13-39)38-16-14-37(4)15-17-38)35-30-33-20-24(32)29(36-30)34-25-9-7-6-8-23(25)31(2,3)40/h6-9,18-20,22,40H,10-17H2,1-5H3,(H2,33,34,35,36). The van der Waals surface area contributed by atoms with Crippen molar-refractivity contribution in [3.63, 3.8) is 0 Å². The molecular weight excluding hydrogens is 582 g/mol. The number of piperidine rings is 1. The molecule has 5 rings (SSSR count). The Morgan fingerprint density at radius 1 is 1.00 bits per heavy atom. The number of likely N-dealkylation sites (N-methyl/N-ethyl adjacent to an activating group) is 1. The molecule has 10 heteroatoms. The van der Waals surface area contributed by atoms with E-state index in [0.717, 1.165) is 35.8 Å². The van der Waals surface area contributed by atoms with Gasteiger partial charge in [0, 0.05) is 74.5 Å². The van der Waals surface area contributed by atoms with Gasteiger partial charge in [-0.05, 0) is 74.3 Å². The van der Waals surface area contributed by atoms with E-state index in [9.17, 15) is 5.11 Å². The number of ether oxygens (including phenoxy) is 1. The molecule has 0 unspecified atom stereocenters. The van der Waals surface area contributed by atoms with Crippen molar-refractivity contribution in [2.24, 2.45) is 0 Å². The molecule has 41 heavy (non-hydrogen) atoms. The zero-order valence-corrected chi connectivity index (χ0v) is 26.3. The Morgan fingerprint density at radius 2 is 1.71 bits per heavy atom. The van der Waals surface area contributed by atoms with Gasteiger partial charge in [-0.15, -0.1) is 0 Å². The van der Waals surface area contributed by atoms with Crippen LogP contribution >= 0.6 is 15.9 Å². The first-order valence-corrected chi connectivity index (χ1v) is 15.2. The number of hydrogen-bond donors (Lipinski definition) is 3. The maximum Gasteiger partial charge on any atom is 0.229 e. The summed E-state index contributed by atoms with van der Waals surface area (Å²) in [6.45, 7) is 12.5. The lowest BCUT2D eigenvalue weighted by molar-refractivity contribution is 0.0794. The Bertz CT molecular complexity index is 1350. The molecule has 2 aliphatic rings. The molecule has 3 heterocycles. The van der Waals surface area contributed by atoms with Gasteiger partial charge in [-0.1, -0.05) is 18.2 Å². The second kappa shape index (κ2) is 12.5. The fourth-order valence-electron chi connectivity index (χ4n) is 5.83. The van der Waals surface area contributed by atoms with Gasteiger partial charge in [0.1, 0.15) is 11.6 Å². The molecule has 3 N–H and O–H groups in total. The summed E-state index contributed by atoms with van der Waals surface area (Å²) in [5.74, 6) is 1.78.